The van der Waals surface area contributed by atoms with E-state index in [0.717, 1.165) is 15.8 Å². The molecule has 0 saturated heterocycles. The Balaban J connectivity index is 2.54. The second-order valence-corrected chi connectivity index (χ2v) is 5.68. The molecule has 1 rings (SSSR count). The van der Waals surface area contributed by atoms with Crippen molar-refractivity contribution in [2.45, 2.75) is 20.4 Å². The highest BCUT2D eigenvalue weighted by molar-refractivity contribution is 9.10. The fourth-order valence-corrected chi connectivity index (χ4v) is 1.94. The van der Waals surface area contributed by atoms with Gasteiger partial charge in [0.1, 0.15) is 5.75 Å². The molecule has 0 bridgehead atoms. The molecular formula is C14H21BrN2O2. The second kappa shape index (κ2) is 8.17. The maximum absolute atomic E-state index is 11.6. The van der Waals surface area contributed by atoms with Crippen LogP contribution in [-0.2, 0) is 11.3 Å². The van der Waals surface area contributed by atoms with Crippen molar-refractivity contribution < 1.29 is 9.53 Å². The first kappa shape index (κ1) is 16.0. The Hall–Kier alpha value is -1.07. The average Bonchev–Trinajstić information content (AvgIpc) is 2.35. The number of amides is 1. The maximum Gasteiger partial charge on any atom is 0.257 e. The molecule has 0 fully saturated rings. The van der Waals surface area contributed by atoms with Crippen LogP contribution in [0.5, 0.6) is 5.75 Å². The molecule has 0 aliphatic rings. The van der Waals surface area contributed by atoms with E-state index in [0.29, 0.717) is 19.0 Å². The van der Waals surface area contributed by atoms with E-state index in [1.54, 1.807) is 0 Å². The van der Waals surface area contributed by atoms with Crippen molar-refractivity contribution in [3.63, 3.8) is 0 Å². The largest absolute Gasteiger partial charge is 0.483 e. The topological polar surface area (TPSA) is 50.4 Å². The molecule has 0 aromatic heterocycles. The van der Waals surface area contributed by atoms with Gasteiger partial charge in [0.2, 0.25) is 0 Å². The van der Waals surface area contributed by atoms with Gasteiger partial charge < -0.3 is 15.4 Å². The number of carbonyl (C=O) groups is 1. The number of nitrogens with one attached hydrogen (secondary N) is 2. The van der Waals surface area contributed by atoms with Crippen LogP contribution in [0.15, 0.2) is 22.7 Å². The van der Waals surface area contributed by atoms with E-state index in [4.69, 9.17) is 4.74 Å². The third-order valence-corrected chi connectivity index (χ3v) is 2.95. The summed E-state index contributed by atoms with van der Waals surface area (Å²) in [6.07, 6.45) is 0. The summed E-state index contributed by atoms with van der Waals surface area (Å²) in [6, 6.07) is 5.75. The zero-order valence-corrected chi connectivity index (χ0v) is 13.2. The molecule has 106 valence electrons. The molecule has 0 atom stereocenters. The van der Waals surface area contributed by atoms with Crippen LogP contribution in [-0.4, -0.2) is 26.1 Å². The number of halogens is 1. The van der Waals surface area contributed by atoms with Crippen molar-refractivity contribution in [2.75, 3.05) is 20.2 Å². The Morgan fingerprint density at radius 1 is 1.42 bits per heavy atom. The van der Waals surface area contributed by atoms with E-state index in [1.165, 1.54) is 0 Å². The van der Waals surface area contributed by atoms with Gasteiger partial charge in [-0.15, -0.1) is 0 Å². The van der Waals surface area contributed by atoms with E-state index in [9.17, 15) is 4.79 Å². The molecule has 19 heavy (non-hydrogen) atoms. The van der Waals surface area contributed by atoms with Crippen molar-refractivity contribution in [1.82, 2.24) is 10.6 Å². The minimum atomic E-state index is -0.0907. The summed E-state index contributed by atoms with van der Waals surface area (Å²) in [5, 5.41) is 5.90. The Bertz CT molecular complexity index is 422. The second-order valence-electron chi connectivity index (χ2n) is 4.77. The molecule has 1 aromatic carbocycles. The van der Waals surface area contributed by atoms with Crippen molar-refractivity contribution in [3.8, 4) is 5.75 Å². The normalized spacial score (nSPS) is 10.6. The summed E-state index contributed by atoms with van der Waals surface area (Å²) in [5.41, 5.74) is 1.02. The van der Waals surface area contributed by atoms with Gasteiger partial charge in [0, 0.05) is 23.1 Å². The van der Waals surface area contributed by atoms with Crippen molar-refractivity contribution in [3.05, 3.63) is 28.2 Å². The zero-order valence-electron chi connectivity index (χ0n) is 11.6. The number of hydrogen-bond acceptors (Lipinski definition) is 3. The Labute approximate surface area is 123 Å². The van der Waals surface area contributed by atoms with Gasteiger partial charge in [-0.25, -0.2) is 0 Å². The molecule has 0 heterocycles. The van der Waals surface area contributed by atoms with Gasteiger partial charge >= 0.3 is 0 Å². The number of rotatable bonds is 7. The lowest BCUT2D eigenvalue weighted by Crippen LogP contribution is -2.31. The van der Waals surface area contributed by atoms with Crippen molar-refractivity contribution in [1.29, 1.82) is 0 Å². The standard InChI is InChI=1S/C14H21BrN2O2/c1-10(2)7-17-14(18)9-19-13-5-4-12(15)6-11(13)8-16-3/h4-6,10,16H,7-9H2,1-3H3,(H,17,18). The van der Waals surface area contributed by atoms with Gasteiger partial charge in [-0.2, -0.15) is 0 Å². The number of carbonyl (C=O) groups excluding carboxylic acids is 1. The molecule has 4 nitrogen and oxygen atoms in total. The minimum Gasteiger partial charge on any atom is -0.483 e. The SMILES string of the molecule is CNCc1cc(Br)ccc1OCC(=O)NCC(C)C. The van der Waals surface area contributed by atoms with Gasteiger partial charge in [-0.1, -0.05) is 29.8 Å². The predicted molar refractivity (Wildman–Crippen MR) is 80.2 cm³/mol. The van der Waals surface area contributed by atoms with Gasteiger partial charge in [-0.05, 0) is 31.2 Å². The summed E-state index contributed by atoms with van der Waals surface area (Å²) < 4.78 is 6.56. The summed E-state index contributed by atoms with van der Waals surface area (Å²) >= 11 is 3.42. The molecular weight excluding hydrogens is 308 g/mol. The van der Waals surface area contributed by atoms with Crippen LogP contribution in [0.25, 0.3) is 0 Å². The molecule has 0 saturated carbocycles. The van der Waals surface area contributed by atoms with Gasteiger partial charge in [0.05, 0.1) is 0 Å². The molecule has 0 unspecified atom stereocenters. The monoisotopic (exact) mass is 328 g/mol. The Kier molecular flexibility index (Phi) is 6.87. The summed E-state index contributed by atoms with van der Waals surface area (Å²) in [5.74, 6) is 1.08. The molecule has 1 aromatic rings. The molecule has 0 aliphatic heterocycles. The van der Waals surface area contributed by atoms with Crippen LogP contribution in [0, 0.1) is 5.92 Å². The van der Waals surface area contributed by atoms with Crippen LogP contribution < -0.4 is 15.4 Å². The van der Waals surface area contributed by atoms with Gasteiger partial charge in [0.25, 0.3) is 5.91 Å². The summed E-state index contributed by atoms with van der Waals surface area (Å²) in [4.78, 5) is 11.6. The maximum atomic E-state index is 11.6. The van der Waals surface area contributed by atoms with Gasteiger partial charge in [-0.3, -0.25) is 4.79 Å². The first-order chi connectivity index (χ1) is 9.02. The van der Waals surface area contributed by atoms with Crippen LogP contribution in [0.2, 0.25) is 0 Å². The Morgan fingerprint density at radius 3 is 2.79 bits per heavy atom. The first-order valence-electron chi connectivity index (χ1n) is 6.35. The molecule has 0 aliphatic carbocycles. The lowest BCUT2D eigenvalue weighted by Gasteiger charge is -2.12. The van der Waals surface area contributed by atoms with E-state index in [2.05, 4.69) is 40.4 Å². The zero-order chi connectivity index (χ0) is 14.3. The van der Waals surface area contributed by atoms with Crippen LogP contribution >= 0.6 is 15.9 Å². The summed E-state index contributed by atoms with van der Waals surface area (Å²) in [6.45, 7) is 5.53. The van der Waals surface area contributed by atoms with Crippen LogP contribution in [0.3, 0.4) is 0 Å². The summed E-state index contributed by atoms with van der Waals surface area (Å²) in [7, 11) is 1.88. The molecule has 2 N–H and O–H groups in total. The molecule has 0 radical (unpaired) electrons. The fourth-order valence-electron chi connectivity index (χ4n) is 1.53. The fraction of sp³-hybridized carbons (Fsp3) is 0.500. The molecule has 0 spiro atoms. The quantitative estimate of drug-likeness (QED) is 0.807. The van der Waals surface area contributed by atoms with Crippen LogP contribution in [0.1, 0.15) is 19.4 Å². The number of ether oxygens (including phenoxy) is 1. The highest BCUT2D eigenvalue weighted by atomic mass is 79.9. The van der Waals surface area contributed by atoms with E-state index >= 15 is 0 Å². The van der Waals surface area contributed by atoms with Crippen molar-refractivity contribution in [2.24, 2.45) is 5.92 Å². The first-order valence-corrected chi connectivity index (χ1v) is 7.14. The Morgan fingerprint density at radius 2 is 2.16 bits per heavy atom. The molecule has 1 amide bonds. The number of hydrogen-bond donors (Lipinski definition) is 2. The smallest absolute Gasteiger partial charge is 0.257 e. The highest BCUT2D eigenvalue weighted by Crippen LogP contribution is 2.23. The van der Waals surface area contributed by atoms with Crippen molar-refractivity contribution >= 4 is 21.8 Å². The van der Waals surface area contributed by atoms with Gasteiger partial charge in [0.15, 0.2) is 6.61 Å². The third kappa shape index (κ3) is 6.07. The molecule has 5 heteroatoms. The predicted octanol–water partition coefficient (Wildman–Crippen LogP) is 2.32. The lowest BCUT2D eigenvalue weighted by atomic mass is 10.2. The minimum absolute atomic E-state index is 0.0467. The highest BCUT2D eigenvalue weighted by Gasteiger charge is 2.07. The van der Waals surface area contributed by atoms with E-state index in [-0.39, 0.29) is 12.5 Å². The lowest BCUT2D eigenvalue weighted by molar-refractivity contribution is -0.123. The third-order valence-electron chi connectivity index (χ3n) is 2.46. The van der Waals surface area contributed by atoms with E-state index < -0.39 is 0 Å². The van der Waals surface area contributed by atoms with Crippen LogP contribution in [0.4, 0.5) is 0 Å². The number of benzene rings is 1. The average molecular weight is 329 g/mol. The van der Waals surface area contributed by atoms with E-state index in [1.807, 2.05) is 25.2 Å².